The largest absolute Gasteiger partial charge is 0.481 e. The van der Waals surface area contributed by atoms with Crippen molar-refractivity contribution in [1.29, 1.82) is 0 Å². The van der Waals surface area contributed by atoms with Crippen molar-refractivity contribution >= 4 is 34.5 Å². The molecule has 3 N–H and O–H groups in total. The summed E-state index contributed by atoms with van der Waals surface area (Å²) in [6.07, 6.45) is -0.164. The standard InChI is InChI=1S/C26H22N4O4/c1-30-22-12-15(25(33)27-14-23-28-20-8-4-5-9-21(20)29-23)10-11-17(22)19(13-24(31)32)16-6-2-3-7-18(16)26(30)34/h2-12,19H,13-14H2,1H3,(H,27,33)(H,28,29)(H,31,32). The van der Waals surface area contributed by atoms with E-state index in [0.717, 1.165) is 11.0 Å². The molecule has 1 aliphatic rings. The molecule has 0 radical (unpaired) electrons. The number of aromatic nitrogens is 2. The number of para-hydroxylation sites is 2. The van der Waals surface area contributed by atoms with Crippen LogP contribution < -0.4 is 10.2 Å². The summed E-state index contributed by atoms with van der Waals surface area (Å²) in [4.78, 5) is 46.9. The van der Waals surface area contributed by atoms with Crippen LogP contribution >= 0.6 is 0 Å². The number of aliphatic carboxylic acids is 1. The maximum absolute atomic E-state index is 13.2. The number of carboxylic acid groups (broad SMARTS) is 1. The van der Waals surface area contributed by atoms with Crippen molar-refractivity contribution < 1.29 is 19.5 Å². The molecular weight excluding hydrogens is 432 g/mol. The molecule has 3 aromatic carbocycles. The number of rotatable bonds is 5. The SMILES string of the molecule is CN1C(=O)c2ccccc2C(CC(=O)O)c2ccc(C(=O)NCc3nc4ccccc4[nH]3)cc21. The summed E-state index contributed by atoms with van der Waals surface area (Å²) in [5, 5.41) is 12.4. The molecule has 5 rings (SSSR count). The van der Waals surface area contributed by atoms with Crippen LogP contribution in [0.1, 0.15) is 50.0 Å². The third-order valence-electron chi connectivity index (χ3n) is 6.13. The fourth-order valence-electron chi connectivity index (χ4n) is 4.47. The van der Waals surface area contributed by atoms with E-state index in [1.54, 1.807) is 49.5 Å². The second-order valence-corrected chi connectivity index (χ2v) is 8.26. The van der Waals surface area contributed by atoms with Crippen LogP contribution in [-0.2, 0) is 11.3 Å². The number of fused-ring (bicyclic) bond motifs is 3. The normalized spacial score (nSPS) is 14.9. The molecule has 0 fully saturated rings. The first kappa shape index (κ1) is 21.4. The van der Waals surface area contributed by atoms with E-state index in [1.165, 1.54) is 4.90 Å². The molecule has 1 aliphatic heterocycles. The molecule has 2 heterocycles. The van der Waals surface area contributed by atoms with Gasteiger partial charge in [0.1, 0.15) is 5.82 Å². The molecular formula is C26H22N4O4. The van der Waals surface area contributed by atoms with Gasteiger partial charge < -0.3 is 20.3 Å². The molecule has 0 aliphatic carbocycles. The number of hydrogen-bond acceptors (Lipinski definition) is 4. The number of amides is 2. The van der Waals surface area contributed by atoms with Crippen LogP contribution in [0.2, 0.25) is 0 Å². The Morgan fingerprint density at radius 3 is 2.62 bits per heavy atom. The fourth-order valence-corrected chi connectivity index (χ4v) is 4.47. The van der Waals surface area contributed by atoms with Gasteiger partial charge in [0.05, 0.1) is 24.0 Å². The lowest BCUT2D eigenvalue weighted by molar-refractivity contribution is -0.137. The van der Waals surface area contributed by atoms with Crippen LogP contribution in [0.4, 0.5) is 5.69 Å². The number of imidazole rings is 1. The molecule has 1 atom stereocenters. The number of H-pyrrole nitrogens is 1. The summed E-state index contributed by atoms with van der Waals surface area (Å²) in [5.41, 5.74) is 4.42. The second-order valence-electron chi connectivity index (χ2n) is 8.26. The molecule has 170 valence electrons. The molecule has 0 saturated carbocycles. The number of benzene rings is 3. The monoisotopic (exact) mass is 454 g/mol. The van der Waals surface area contributed by atoms with Crippen molar-refractivity contribution in [3.8, 4) is 0 Å². The van der Waals surface area contributed by atoms with E-state index in [4.69, 9.17) is 0 Å². The Hall–Kier alpha value is -4.46. The zero-order chi connectivity index (χ0) is 23.8. The summed E-state index contributed by atoms with van der Waals surface area (Å²) in [5.74, 6) is -1.40. The van der Waals surface area contributed by atoms with E-state index in [-0.39, 0.29) is 24.8 Å². The predicted octanol–water partition coefficient (Wildman–Crippen LogP) is 3.69. The van der Waals surface area contributed by atoms with Crippen molar-refractivity contribution in [2.24, 2.45) is 0 Å². The van der Waals surface area contributed by atoms with Gasteiger partial charge in [-0.25, -0.2) is 4.98 Å². The van der Waals surface area contributed by atoms with Crippen molar-refractivity contribution in [3.05, 3.63) is 94.8 Å². The maximum Gasteiger partial charge on any atom is 0.304 e. The minimum Gasteiger partial charge on any atom is -0.481 e. The zero-order valence-electron chi connectivity index (χ0n) is 18.4. The lowest BCUT2D eigenvalue weighted by Crippen LogP contribution is -2.27. The third kappa shape index (κ3) is 3.79. The first-order valence-corrected chi connectivity index (χ1v) is 10.9. The highest BCUT2D eigenvalue weighted by Crippen LogP contribution is 2.40. The lowest BCUT2D eigenvalue weighted by atomic mass is 9.85. The van der Waals surface area contributed by atoms with E-state index >= 15 is 0 Å². The van der Waals surface area contributed by atoms with E-state index in [2.05, 4.69) is 15.3 Å². The first-order chi connectivity index (χ1) is 16.4. The molecule has 8 nitrogen and oxygen atoms in total. The van der Waals surface area contributed by atoms with Gasteiger partial charge >= 0.3 is 5.97 Å². The molecule has 0 spiro atoms. The summed E-state index contributed by atoms with van der Waals surface area (Å²) in [7, 11) is 1.64. The number of anilines is 1. The molecule has 34 heavy (non-hydrogen) atoms. The van der Waals surface area contributed by atoms with Crippen molar-refractivity contribution in [1.82, 2.24) is 15.3 Å². The zero-order valence-corrected chi connectivity index (χ0v) is 18.4. The van der Waals surface area contributed by atoms with Crippen LogP contribution in [0.3, 0.4) is 0 Å². The van der Waals surface area contributed by atoms with Crippen molar-refractivity contribution in [2.75, 3.05) is 11.9 Å². The number of nitrogens with one attached hydrogen (secondary N) is 2. The van der Waals surface area contributed by atoms with Crippen LogP contribution in [-0.4, -0.2) is 39.9 Å². The van der Waals surface area contributed by atoms with E-state index in [0.29, 0.717) is 33.8 Å². The number of nitrogens with zero attached hydrogens (tertiary/aromatic N) is 2. The molecule has 0 saturated heterocycles. The van der Waals surface area contributed by atoms with Gasteiger partial charge in [0, 0.05) is 29.8 Å². The van der Waals surface area contributed by atoms with Crippen molar-refractivity contribution in [2.45, 2.75) is 18.9 Å². The number of carbonyl (C=O) groups is 3. The van der Waals surface area contributed by atoms with Gasteiger partial charge in [-0.15, -0.1) is 0 Å². The topological polar surface area (TPSA) is 115 Å². The van der Waals surface area contributed by atoms with E-state index < -0.39 is 11.9 Å². The van der Waals surface area contributed by atoms with Crippen LogP contribution in [0, 0.1) is 0 Å². The van der Waals surface area contributed by atoms with Gasteiger partial charge in [-0.3, -0.25) is 14.4 Å². The molecule has 1 unspecified atom stereocenters. The Labute approximate surface area is 195 Å². The predicted molar refractivity (Wildman–Crippen MR) is 127 cm³/mol. The average Bonchev–Trinajstić information content (AvgIpc) is 3.24. The van der Waals surface area contributed by atoms with Crippen LogP contribution in [0.5, 0.6) is 0 Å². The Balaban J connectivity index is 1.46. The van der Waals surface area contributed by atoms with Gasteiger partial charge in [-0.05, 0) is 41.5 Å². The summed E-state index contributed by atoms with van der Waals surface area (Å²) in [6, 6.07) is 19.7. The highest BCUT2D eigenvalue weighted by atomic mass is 16.4. The maximum atomic E-state index is 13.2. The Kier molecular flexibility index (Phi) is 5.33. The molecule has 0 bridgehead atoms. The molecule has 4 aromatic rings. The number of aromatic amines is 1. The second kappa shape index (κ2) is 8.47. The highest BCUT2D eigenvalue weighted by molar-refractivity contribution is 6.09. The summed E-state index contributed by atoms with van der Waals surface area (Å²) >= 11 is 0. The lowest BCUT2D eigenvalue weighted by Gasteiger charge is -2.21. The van der Waals surface area contributed by atoms with E-state index in [1.807, 2.05) is 24.3 Å². The third-order valence-corrected chi connectivity index (χ3v) is 6.13. The number of hydrogen-bond donors (Lipinski definition) is 3. The van der Waals surface area contributed by atoms with Crippen LogP contribution in [0.15, 0.2) is 66.7 Å². The van der Waals surface area contributed by atoms with Gasteiger partial charge in [0.2, 0.25) is 0 Å². The minimum atomic E-state index is -0.963. The van der Waals surface area contributed by atoms with Gasteiger partial charge in [0.25, 0.3) is 11.8 Å². The highest BCUT2D eigenvalue weighted by Gasteiger charge is 2.32. The number of carboxylic acids is 1. The quantitative estimate of drug-likeness (QED) is 0.425. The first-order valence-electron chi connectivity index (χ1n) is 10.9. The number of carbonyl (C=O) groups excluding carboxylic acids is 2. The summed E-state index contributed by atoms with van der Waals surface area (Å²) in [6.45, 7) is 0.215. The minimum absolute atomic E-state index is 0.164. The van der Waals surface area contributed by atoms with Crippen LogP contribution in [0.25, 0.3) is 11.0 Å². The Bertz CT molecular complexity index is 1410. The van der Waals surface area contributed by atoms with Gasteiger partial charge in [0.15, 0.2) is 0 Å². The molecule has 1 aromatic heterocycles. The van der Waals surface area contributed by atoms with Gasteiger partial charge in [-0.1, -0.05) is 36.4 Å². The molecule has 2 amide bonds. The summed E-state index contributed by atoms with van der Waals surface area (Å²) < 4.78 is 0. The van der Waals surface area contributed by atoms with Gasteiger partial charge in [-0.2, -0.15) is 0 Å². The Morgan fingerprint density at radius 2 is 1.82 bits per heavy atom. The average molecular weight is 454 g/mol. The Morgan fingerprint density at radius 1 is 1.06 bits per heavy atom. The van der Waals surface area contributed by atoms with E-state index in [9.17, 15) is 19.5 Å². The smallest absolute Gasteiger partial charge is 0.304 e. The van der Waals surface area contributed by atoms with Crippen molar-refractivity contribution in [3.63, 3.8) is 0 Å². The molecule has 8 heteroatoms. The fraction of sp³-hybridized carbons (Fsp3) is 0.154.